The van der Waals surface area contributed by atoms with Crippen molar-refractivity contribution in [2.24, 2.45) is 0 Å². The van der Waals surface area contributed by atoms with Gasteiger partial charge in [0.1, 0.15) is 12.4 Å². The van der Waals surface area contributed by atoms with Crippen LogP contribution in [0.5, 0.6) is 5.75 Å². The maximum absolute atomic E-state index is 6.17. The Morgan fingerprint density at radius 3 is 2.41 bits per heavy atom. The second kappa shape index (κ2) is 5.95. The molecule has 0 aromatic heterocycles. The zero-order valence-electron chi connectivity index (χ0n) is 9.20. The van der Waals surface area contributed by atoms with Gasteiger partial charge >= 0.3 is 0 Å². The molecule has 0 saturated carbocycles. The van der Waals surface area contributed by atoms with Crippen molar-refractivity contribution in [3.63, 3.8) is 0 Å². The number of benzene rings is 2. The van der Waals surface area contributed by atoms with E-state index in [1.807, 2.05) is 48.5 Å². The highest BCUT2D eigenvalue weighted by Crippen LogP contribution is 2.29. The van der Waals surface area contributed by atoms with E-state index in [1.165, 1.54) is 0 Å². The van der Waals surface area contributed by atoms with Gasteiger partial charge in [0.15, 0.2) is 0 Å². The molecule has 17 heavy (non-hydrogen) atoms. The largest absolute Gasteiger partial charge is 0.487 e. The Bertz CT molecular complexity index is 483. The zero-order valence-corrected chi connectivity index (χ0v) is 10.7. The van der Waals surface area contributed by atoms with E-state index in [0.29, 0.717) is 23.3 Å². The van der Waals surface area contributed by atoms with Gasteiger partial charge in [-0.05, 0) is 17.2 Å². The molecular weight excluding hydrogens is 255 g/mol. The molecule has 0 amide bonds. The van der Waals surface area contributed by atoms with Crippen LogP contribution in [-0.4, -0.2) is 0 Å². The fourth-order valence-electron chi connectivity index (χ4n) is 1.51. The molecule has 0 saturated heterocycles. The molecular formula is C14H12Cl2O. The third-order valence-corrected chi connectivity index (χ3v) is 3.14. The van der Waals surface area contributed by atoms with E-state index in [1.54, 1.807) is 0 Å². The number of halogens is 2. The molecule has 1 nitrogen and oxygen atoms in total. The third-order valence-electron chi connectivity index (χ3n) is 2.42. The Kier molecular flexibility index (Phi) is 4.29. The maximum Gasteiger partial charge on any atom is 0.138 e. The first-order valence-corrected chi connectivity index (χ1v) is 6.22. The van der Waals surface area contributed by atoms with E-state index >= 15 is 0 Å². The quantitative estimate of drug-likeness (QED) is 0.732. The lowest BCUT2D eigenvalue weighted by Crippen LogP contribution is -1.96. The maximum atomic E-state index is 6.17. The van der Waals surface area contributed by atoms with Crippen molar-refractivity contribution in [1.29, 1.82) is 0 Å². The summed E-state index contributed by atoms with van der Waals surface area (Å²) >= 11 is 11.9. The van der Waals surface area contributed by atoms with Gasteiger partial charge in [0.05, 0.1) is 5.02 Å². The van der Waals surface area contributed by atoms with E-state index < -0.39 is 0 Å². The highest BCUT2D eigenvalue weighted by molar-refractivity contribution is 6.33. The van der Waals surface area contributed by atoms with E-state index in [9.17, 15) is 0 Å². The van der Waals surface area contributed by atoms with Gasteiger partial charge in [-0.3, -0.25) is 0 Å². The molecule has 0 radical (unpaired) electrons. The number of alkyl halides is 1. The van der Waals surface area contributed by atoms with Crippen LogP contribution in [0.25, 0.3) is 0 Å². The van der Waals surface area contributed by atoms with Gasteiger partial charge in [-0.2, -0.15) is 0 Å². The van der Waals surface area contributed by atoms with E-state index in [-0.39, 0.29) is 0 Å². The topological polar surface area (TPSA) is 9.23 Å². The van der Waals surface area contributed by atoms with Crippen molar-refractivity contribution in [1.82, 2.24) is 0 Å². The molecule has 0 unspecified atom stereocenters. The molecule has 0 aliphatic heterocycles. The summed E-state index contributed by atoms with van der Waals surface area (Å²) in [7, 11) is 0. The summed E-state index contributed by atoms with van der Waals surface area (Å²) in [6.07, 6.45) is 0. The highest BCUT2D eigenvalue weighted by atomic mass is 35.5. The van der Waals surface area contributed by atoms with Gasteiger partial charge in [0.25, 0.3) is 0 Å². The van der Waals surface area contributed by atoms with Crippen molar-refractivity contribution in [2.45, 2.75) is 12.5 Å². The standard InChI is InChI=1S/C14H12Cl2O/c15-9-12-7-4-8-13(14(12)16)17-10-11-5-2-1-3-6-11/h1-8H,9-10H2. The Labute approximate surface area is 111 Å². The molecule has 88 valence electrons. The molecule has 0 aliphatic carbocycles. The van der Waals surface area contributed by atoms with Gasteiger partial charge in [-0.1, -0.05) is 54.1 Å². The van der Waals surface area contributed by atoms with Crippen LogP contribution in [0.1, 0.15) is 11.1 Å². The second-order valence-corrected chi connectivity index (χ2v) is 4.28. The minimum absolute atomic E-state index is 0.390. The first-order chi connectivity index (χ1) is 8.31. The zero-order chi connectivity index (χ0) is 12.1. The fourth-order valence-corrected chi connectivity index (χ4v) is 2.04. The van der Waals surface area contributed by atoms with E-state index in [0.717, 1.165) is 11.1 Å². The molecule has 2 aromatic rings. The number of rotatable bonds is 4. The SMILES string of the molecule is ClCc1cccc(OCc2ccccc2)c1Cl. The van der Waals surface area contributed by atoms with E-state index in [2.05, 4.69) is 0 Å². The predicted molar refractivity (Wildman–Crippen MR) is 71.8 cm³/mol. The van der Waals surface area contributed by atoms with Crippen molar-refractivity contribution in [3.05, 3.63) is 64.7 Å². The summed E-state index contributed by atoms with van der Waals surface area (Å²) < 4.78 is 5.67. The van der Waals surface area contributed by atoms with Gasteiger partial charge in [0.2, 0.25) is 0 Å². The van der Waals surface area contributed by atoms with Crippen molar-refractivity contribution >= 4 is 23.2 Å². The lowest BCUT2D eigenvalue weighted by atomic mass is 10.2. The molecule has 0 N–H and O–H groups in total. The minimum atomic E-state index is 0.390. The van der Waals surface area contributed by atoms with Crippen LogP contribution in [0.3, 0.4) is 0 Å². The summed E-state index contributed by atoms with van der Waals surface area (Å²) in [6.45, 7) is 0.506. The van der Waals surface area contributed by atoms with Crippen molar-refractivity contribution < 1.29 is 4.74 Å². The Balaban J connectivity index is 2.09. The highest BCUT2D eigenvalue weighted by Gasteiger charge is 2.06. The normalized spacial score (nSPS) is 10.2. The van der Waals surface area contributed by atoms with Crippen LogP contribution < -0.4 is 4.74 Å². The van der Waals surface area contributed by atoms with Gasteiger partial charge in [0, 0.05) is 5.88 Å². The van der Waals surface area contributed by atoms with Gasteiger partial charge in [-0.15, -0.1) is 11.6 Å². The molecule has 2 rings (SSSR count). The first-order valence-electron chi connectivity index (χ1n) is 5.31. The second-order valence-electron chi connectivity index (χ2n) is 3.64. The summed E-state index contributed by atoms with van der Waals surface area (Å²) in [5.41, 5.74) is 2.00. The molecule has 0 spiro atoms. The lowest BCUT2D eigenvalue weighted by Gasteiger charge is -2.10. The molecule has 0 fully saturated rings. The monoisotopic (exact) mass is 266 g/mol. The number of hydrogen-bond donors (Lipinski definition) is 0. The summed E-state index contributed by atoms with van der Waals surface area (Å²) in [4.78, 5) is 0. The summed E-state index contributed by atoms with van der Waals surface area (Å²) in [5, 5.41) is 0.596. The average molecular weight is 267 g/mol. The Hall–Kier alpha value is -1.18. The predicted octanol–water partition coefficient (Wildman–Crippen LogP) is 4.66. The molecule has 3 heteroatoms. The summed E-state index contributed by atoms with van der Waals surface area (Å²) in [5.74, 6) is 1.06. The van der Waals surface area contributed by atoms with Gasteiger partial charge in [-0.25, -0.2) is 0 Å². The minimum Gasteiger partial charge on any atom is -0.487 e. The first kappa shape index (κ1) is 12.3. The lowest BCUT2D eigenvalue weighted by molar-refractivity contribution is 0.306. The fraction of sp³-hybridized carbons (Fsp3) is 0.143. The van der Waals surface area contributed by atoms with E-state index in [4.69, 9.17) is 27.9 Å². The Morgan fingerprint density at radius 2 is 1.71 bits per heavy atom. The smallest absolute Gasteiger partial charge is 0.138 e. The van der Waals surface area contributed by atoms with Crippen molar-refractivity contribution in [2.75, 3.05) is 0 Å². The number of ether oxygens (including phenoxy) is 1. The van der Waals surface area contributed by atoms with Crippen LogP contribution in [0.2, 0.25) is 5.02 Å². The van der Waals surface area contributed by atoms with Crippen LogP contribution >= 0.6 is 23.2 Å². The van der Waals surface area contributed by atoms with Crippen LogP contribution in [-0.2, 0) is 12.5 Å². The third kappa shape index (κ3) is 3.15. The molecule has 0 bridgehead atoms. The molecule has 0 aliphatic rings. The average Bonchev–Trinajstić information content (AvgIpc) is 2.39. The molecule has 2 aromatic carbocycles. The Morgan fingerprint density at radius 1 is 0.941 bits per heavy atom. The molecule has 0 heterocycles. The van der Waals surface area contributed by atoms with Crippen LogP contribution in [0.4, 0.5) is 0 Å². The van der Waals surface area contributed by atoms with Gasteiger partial charge < -0.3 is 4.74 Å². The summed E-state index contributed by atoms with van der Waals surface area (Å²) in [6, 6.07) is 15.6. The van der Waals surface area contributed by atoms with Crippen LogP contribution in [0, 0.1) is 0 Å². The van der Waals surface area contributed by atoms with Crippen LogP contribution in [0.15, 0.2) is 48.5 Å². The molecule has 0 atom stereocenters. The number of hydrogen-bond acceptors (Lipinski definition) is 1. The van der Waals surface area contributed by atoms with Crippen molar-refractivity contribution in [3.8, 4) is 5.75 Å².